The van der Waals surface area contributed by atoms with Crippen LogP contribution in [-0.2, 0) is 19.2 Å². The molecule has 0 radical (unpaired) electrons. The molecule has 4 saturated heterocycles. The van der Waals surface area contributed by atoms with Crippen molar-refractivity contribution in [1.29, 1.82) is 0 Å². The lowest BCUT2D eigenvalue weighted by Gasteiger charge is -2.36. The molecule has 10 heteroatoms. The zero-order valence-electron chi connectivity index (χ0n) is 27.9. The molecule has 0 saturated carbocycles. The summed E-state index contributed by atoms with van der Waals surface area (Å²) in [5.74, 6) is -2.36. The molecule has 10 nitrogen and oxygen atoms in total. The number of hydrazine groups is 1. The standard InChI is InChI=1S/C40H38N4O6/c1-3-23-49-29-21-13-11-19-27(29)41-37(45)31-33(25-15-7-5-8-16-25)44-36-32(34(26-17-9-6-10-18-26)43(44)35(31)39(41)47)38(46)42(40(36)48)28-20-12-14-22-30(28)50-24-4-2/h5-22,31-36H,3-4,23-24H2,1-2H3/t31-,32-,33-,34+,35+,36-/m0/s1. The Kier molecular flexibility index (Phi) is 8.20. The Balaban J connectivity index is 1.29. The van der Waals surface area contributed by atoms with Crippen molar-refractivity contribution in [3.05, 3.63) is 120 Å². The smallest absolute Gasteiger partial charge is 0.253 e. The third-order valence-corrected chi connectivity index (χ3v) is 10.1. The summed E-state index contributed by atoms with van der Waals surface area (Å²) in [6.45, 7) is 4.85. The van der Waals surface area contributed by atoms with Crippen LogP contribution in [0.15, 0.2) is 109 Å². The molecule has 4 aromatic rings. The summed E-state index contributed by atoms with van der Waals surface area (Å²) in [6.07, 6.45) is 1.52. The first-order chi connectivity index (χ1) is 24.5. The Hall–Kier alpha value is -5.32. The molecule has 4 aliphatic heterocycles. The molecule has 0 bridgehead atoms. The van der Waals surface area contributed by atoms with Crippen LogP contribution >= 0.6 is 0 Å². The topological polar surface area (TPSA) is 99.7 Å². The van der Waals surface area contributed by atoms with Gasteiger partial charge in [-0.1, -0.05) is 98.8 Å². The Labute approximate surface area is 290 Å². The molecule has 4 aliphatic rings. The highest BCUT2D eigenvalue weighted by Crippen LogP contribution is 2.60. The molecule has 0 unspecified atom stereocenters. The fraction of sp³-hybridized carbons (Fsp3) is 0.300. The number of hydrogen-bond donors (Lipinski definition) is 0. The number of benzene rings is 4. The summed E-state index contributed by atoms with van der Waals surface area (Å²) in [7, 11) is 0. The molecule has 4 heterocycles. The van der Waals surface area contributed by atoms with E-state index in [-0.39, 0.29) is 11.8 Å². The van der Waals surface area contributed by atoms with Gasteiger partial charge in [-0.15, -0.1) is 0 Å². The maximum atomic E-state index is 14.8. The van der Waals surface area contributed by atoms with E-state index in [1.54, 1.807) is 36.4 Å². The second-order valence-corrected chi connectivity index (χ2v) is 13.1. The highest BCUT2D eigenvalue weighted by Gasteiger charge is 2.73. The first kappa shape index (κ1) is 31.9. The molecule has 8 rings (SSSR count). The average molecular weight is 671 g/mol. The maximum Gasteiger partial charge on any atom is 0.253 e. The largest absolute Gasteiger partial charge is 0.491 e. The Morgan fingerprint density at radius 3 is 1.20 bits per heavy atom. The summed E-state index contributed by atoms with van der Waals surface area (Å²) in [4.78, 5) is 61.7. The lowest BCUT2D eigenvalue weighted by Crippen LogP contribution is -2.50. The SMILES string of the molecule is CCCOc1ccccc1N1C(=O)[C@@H]2[C@@H](C1=O)N1[C@@H](c3ccccc3)[C@@H]3C(=O)N(c4ccccc4OCCC)C(=O)[C@@H]3N1[C@@H]2c1ccccc1. The van der Waals surface area contributed by atoms with Crippen LogP contribution in [0.4, 0.5) is 11.4 Å². The predicted octanol–water partition coefficient (Wildman–Crippen LogP) is 5.71. The van der Waals surface area contributed by atoms with Crippen molar-refractivity contribution in [1.82, 2.24) is 10.0 Å². The normalized spacial score (nSPS) is 26.0. The van der Waals surface area contributed by atoms with Crippen LogP contribution < -0.4 is 19.3 Å². The average Bonchev–Trinajstić information content (AvgIpc) is 3.82. The van der Waals surface area contributed by atoms with Crippen LogP contribution in [-0.4, -0.2) is 58.9 Å². The van der Waals surface area contributed by atoms with E-state index < -0.39 is 47.8 Å². The summed E-state index contributed by atoms with van der Waals surface area (Å²) >= 11 is 0. The highest BCUT2D eigenvalue weighted by molar-refractivity contribution is 6.26. The fourth-order valence-electron chi connectivity index (χ4n) is 8.23. The van der Waals surface area contributed by atoms with Gasteiger partial charge in [-0.25, -0.2) is 19.8 Å². The number of imide groups is 2. The second-order valence-electron chi connectivity index (χ2n) is 13.1. The number of nitrogens with zero attached hydrogens (tertiary/aromatic N) is 4. The van der Waals surface area contributed by atoms with Crippen LogP contribution in [0.3, 0.4) is 0 Å². The van der Waals surface area contributed by atoms with E-state index in [1.807, 2.05) is 96.7 Å². The van der Waals surface area contributed by atoms with E-state index in [1.165, 1.54) is 9.80 Å². The Morgan fingerprint density at radius 1 is 0.460 bits per heavy atom. The van der Waals surface area contributed by atoms with Gasteiger partial charge in [0.25, 0.3) is 11.8 Å². The quantitative estimate of drug-likeness (QED) is 0.198. The molecule has 0 N–H and O–H groups in total. The molecular formula is C40H38N4O6. The van der Waals surface area contributed by atoms with E-state index in [4.69, 9.17) is 9.47 Å². The first-order valence-electron chi connectivity index (χ1n) is 17.3. The van der Waals surface area contributed by atoms with Crippen molar-refractivity contribution in [2.45, 2.75) is 50.9 Å². The van der Waals surface area contributed by atoms with Crippen molar-refractivity contribution < 1.29 is 28.7 Å². The van der Waals surface area contributed by atoms with Crippen LogP contribution in [0.2, 0.25) is 0 Å². The van der Waals surface area contributed by atoms with E-state index in [0.29, 0.717) is 36.1 Å². The summed E-state index contributed by atoms with van der Waals surface area (Å²) in [5.41, 5.74) is 2.34. The minimum absolute atomic E-state index is 0.369. The van der Waals surface area contributed by atoms with Crippen LogP contribution in [0.1, 0.15) is 49.9 Å². The van der Waals surface area contributed by atoms with Gasteiger partial charge in [0.05, 0.1) is 48.5 Å². The molecule has 6 atom stereocenters. The van der Waals surface area contributed by atoms with Gasteiger partial charge in [0.15, 0.2) is 0 Å². The number of hydrogen-bond acceptors (Lipinski definition) is 8. The van der Waals surface area contributed by atoms with Crippen LogP contribution in [0.5, 0.6) is 11.5 Å². The number of carbonyl (C=O) groups excluding carboxylic acids is 4. The van der Waals surface area contributed by atoms with E-state index in [9.17, 15) is 19.2 Å². The number of rotatable bonds is 10. The third-order valence-electron chi connectivity index (χ3n) is 10.1. The molecule has 4 aromatic carbocycles. The van der Waals surface area contributed by atoms with Crippen molar-refractivity contribution >= 4 is 35.0 Å². The van der Waals surface area contributed by atoms with Gasteiger partial charge in [-0.2, -0.15) is 0 Å². The van der Waals surface area contributed by atoms with Crippen molar-refractivity contribution in [2.75, 3.05) is 23.0 Å². The summed E-state index contributed by atoms with van der Waals surface area (Å²) in [6, 6.07) is 29.9. The van der Waals surface area contributed by atoms with Gasteiger partial charge >= 0.3 is 0 Å². The molecule has 4 amide bonds. The third kappa shape index (κ3) is 4.77. The maximum absolute atomic E-state index is 14.8. The van der Waals surface area contributed by atoms with Gasteiger partial charge in [-0.05, 0) is 48.2 Å². The highest BCUT2D eigenvalue weighted by atomic mass is 16.5. The predicted molar refractivity (Wildman–Crippen MR) is 186 cm³/mol. The van der Waals surface area contributed by atoms with Crippen molar-refractivity contribution in [2.24, 2.45) is 11.8 Å². The van der Waals surface area contributed by atoms with E-state index in [0.717, 1.165) is 24.0 Å². The van der Waals surface area contributed by atoms with Crippen molar-refractivity contribution in [3.63, 3.8) is 0 Å². The van der Waals surface area contributed by atoms with Crippen molar-refractivity contribution in [3.8, 4) is 11.5 Å². The molecule has 4 fully saturated rings. The zero-order valence-corrected chi connectivity index (χ0v) is 27.9. The molecule has 0 aliphatic carbocycles. The molecule has 50 heavy (non-hydrogen) atoms. The lowest BCUT2D eigenvalue weighted by atomic mass is 9.84. The number of ether oxygens (including phenoxy) is 2. The molecular weight excluding hydrogens is 632 g/mol. The Bertz CT molecular complexity index is 1810. The van der Waals surface area contributed by atoms with Gasteiger partial charge < -0.3 is 9.47 Å². The Morgan fingerprint density at radius 2 is 0.820 bits per heavy atom. The summed E-state index contributed by atoms with van der Waals surface area (Å²) in [5, 5.41) is 3.77. The van der Waals surface area contributed by atoms with Crippen LogP contribution in [0.25, 0.3) is 0 Å². The minimum atomic E-state index is -0.961. The fourth-order valence-corrected chi connectivity index (χ4v) is 8.23. The number of fused-ring (bicyclic) bond motifs is 5. The molecule has 254 valence electrons. The number of amides is 4. The monoisotopic (exact) mass is 670 g/mol. The summed E-state index contributed by atoms with van der Waals surface area (Å²) < 4.78 is 12.0. The van der Waals surface area contributed by atoms with Gasteiger partial charge in [0.2, 0.25) is 11.8 Å². The number of carbonyl (C=O) groups is 4. The van der Waals surface area contributed by atoms with Gasteiger partial charge in [-0.3, -0.25) is 19.2 Å². The van der Waals surface area contributed by atoms with E-state index >= 15 is 0 Å². The number of anilines is 2. The minimum Gasteiger partial charge on any atom is -0.491 e. The van der Waals surface area contributed by atoms with Crippen LogP contribution in [0, 0.1) is 11.8 Å². The first-order valence-corrected chi connectivity index (χ1v) is 17.3. The van der Waals surface area contributed by atoms with Gasteiger partial charge in [0.1, 0.15) is 23.6 Å². The number of para-hydroxylation sites is 4. The molecule has 0 aromatic heterocycles. The van der Waals surface area contributed by atoms with E-state index in [2.05, 4.69) is 0 Å². The second kappa shape index (κ2) is 12.9. The van der Waals surface area contributed by atoms with Gasteiger partial charge in [0, 0.05) is 0 Å². The zero-order chi connectivity index (χ0) is 34.5. The lowest BCUT2D eigenvalue weighted by molar-refractivity contribution is -0.136. The molecule has 0 spiro atoms.